The molecule has 1 aromatic heterocycles. The molecule has 0 amide bonds. The summed E-state index contributed by atoms with van der Waals surface area (Å²) < 4.78 is 1.81. The van der Waals surface area contributed by atoms with E-state index in [1.54, 1.807) is 11.5 Å². The molecule has 216 valence electrons. The molecule has 1 N–H and O–H groups in total. The summed E-state index contributed by atoms with van der Waals surface area (Å²) in [5, 5.41) is 11.5. The highest BCUT2D eigenvalue weighted by Gasteiger charge is 2.39. The van der Waals surface area contributed by atoms with E-state index >= 15 is 0 Å². The van der Waals surface area contributed by atoms with E-state index in [0.717, 1.165) is 42.7 Å². The first-order valence-corrected chi connectivity index (χ1v) is 15.0. The van der Waals surface area contributed by atoms with Crippen molar-refractivity contribution in [2.45, 2.75) is 105 Å². The Labute approximate surface area is 239 Å². The number of carbonyl (C=O) groups excluding carboxylic acids is 1. The number of hydrogen-bond acceptors (Lipinski definition) is 5. The number of aliphatic imine (C=N–C) groups is 1. The molecule has 3 aliphatic rings. The number of aliphatic hydroxyl groups is 1. The Hall–Kier alpha value is -2.83. The van der Waals surface area contributed by atoms with E-state index in [4.69, 9.17) is 4.99 Å². The summed E-state index contributed by atoms with van der Waals surface area (Å²) in [4.78, 5) is 34.2. The highest BCUT2D eigenvalue weighted by Crippen LogP contribution is 2.37. The molecule has 3 atom stereocenters. The number of Topliss-reactive ketones (excluding diaryl/α,β-unsaturated/α-hetero) is 1. The molecule has 0 aromatic carbocycles. The van der Waals surface area contributed by atoms with E-state index in [1.807, 2.05) is 13.0 Å². The second kappa shape index (κ2) is 11.6. The van der Waals surface area contributed by atoms with Crippen molar-refractivity contribution in [2.24, 2.45) is 10.9 Å². The van der Waals surface area contributed by atoms with Crippen molar-refractivity contribution in [2.75, 3.05) is 14.1 Å². The summed E-state index contributed by atoms with van der Waals surface area (Å²) in [7, 11) is 4.24. The molecule has 2 unspecified atom stereocenters. The summed E-state index contributed by atoms with van der Waals surface area (Å²) in [5.74, 6) is 0.124. The van der Waals surface area contributed by atoms with Gasteiger partial charge in [-0.05, 0) is 107 Å². The lowest BCUT2D eigenvalue weighted by Crippen LogP contribution is -2.38. The Morgan fingerprint density at radius 1 is 1.25 bits per heavy atom. The van der Waals surface area contributed by atoms with Gasteiger partial charge in [0.05, 0.1) is 18.0 Å². The molecule has 6 nitrogen and oxygen atoms in total. The van der Waals surface area contributed by atoms with Crippen LogP contribution in [0.15, 0.2) is 61.6 Å². The third-order valence-corrected chi connectivity index (χ3v) is 9.61. The predicted molar refractivity (Wildman–Crippen MR) is 164 cm³/mol. The van der Waals surface area contributed by atoms with Crippen LogP contribution in [0.25, 0.3) is 0 Å². The van der Waals surface area contributed by atoms with E-state index in [0.29, 0.717) is 35.7 Å². The number of nitrogens with zero attached hydrogens (tertiary/aromatic N) is 3. The monoisotopic (exact) mass is 545 g/mol. The van der Waals surface area contributed by atoms with Gasteiger partial charge >= 0.3 is 0 Å². The minimum absolute atomic E-state index is 0.139. The number of rotatable bonds is 7. The van der Waals surface area contributed by atoms with Crippen molar-refractivity contribution in [3.8, 4) is 0 Å². The van der Waals surface area contributed by atoms with E-state index in [9.17, 15) is 14.7 Å². The standard InChI is InChI=1S/C34H47N3O3/c1-10-20(4)27-15-14-25-17-24(21(27)5)13-16-30(36(8)9)22(6)28-19-37-31(32(28)35-25)18-29(26(11-2)33(37)39)34(40,12-3)23(7)38/h15,17-18,20,30,40H,10-14,16,19H2,1-9H3/t20?,30?,34-/m1/s1. The summed E-state index contributed by atoms with van der Waals surface area (Å²) in [6.07, 6.45) is 8.98. The first-order chi connectivity index (χ1) is 18.9. The fourth-order valence-electron chi connectivity index (χ4n) is 6.75. The molecule has 0 saturated heterocycles. The maximum atomic E-state index is 14.0. The van der Waals surface area contributed by atoms with E-state index < -0.39 is 5.60 Å². The molecule has 0 fully saturated rings. The number of hydrogen-bond donors (Lipinski definition) is 1. The van der Waals surface area contributed by atoms with Crippen LogP contribution in [-0.2, 0) is 23.4 Å². The summed E-state index contributed by atoms with van der Waals surface area (Å²) in [5.41, 5.74) is 7.94. The third-order valence-electron chi connectivity index (χ3n) is 9.61. The Morgan fingerprint density at radius 2 is 1.95 bits per heavy atom. The maximum Gasteiger partial charge on any atom is 0.254 e. The number of likely N-dealkylation sites (N-methyl/N-ethyl adjacent to an activating group) is 1. The molecule has 1 aliphatic carbocycles. The van der Waals surface area contributed by atoms with Crippen LogP contribution in [0.3, 0.4) is 0 Å². The first-order valence-electron chi connectivity index (χ1n) is 15.0. The fraction of sp³-hybridized carbons (Fsp3) is 0.559. The van der Waals surface area contributed by atoms with Crippen LogP contribution in [0.5, 0.6) is 0 Å². The second-order valence-electron chi connectivity index (χ2n) is 12.0. The van der Waals surface area contributed by atoms with Crippen molar-refractivity contribution in [1.82, 2.24) is 9.47 Å². The zero-order valence-corrected chi connectivity index (χ0v) is 25.9. The Bertz CT molecular complexity index is 1430. The molecule has 1 aromatic rings. The maximum absolute atomic E-state index is 14.0. The van der Waals surface area contributed by atoms with Crippen molar-refractivity contribution < 1.29 is 9.90 Å². The smallest absolute Gasteiger partial charge is 0.254 e. The Balaban J connectivity index is 2.05. The third kappa shape index (κ3) is 5.05. The quantitative estimate of drug-likeness (QED) is 0.455. The summed E-state index contributed by atoms with van der Waals surface area (Å²) in [6, 6.07) is 2.06. The lowest BCUT2D eigenvalue weighted by atomic mass is 9.83. The summed E-state index contributed by atoms with van der Waals surface area (Å²) >= 11 is 0. The van der Waals surface area contributed by atoms with Gasteiger partial charge in [-0.3, -0.25) is 14.6 Å². The van der Waals surface area contributed by atoms with Crippen LogP contribution >= 0.6 is 0 Å². The Kier molecular flexibility index (Phi) is 8.72. The summed E-state index contributed by atoms with van der Waals surface area (Å²) in [6.45, 7) is 14.5. The van der Waals surface area contributed by atoms with Gasteiger partial charge in [0, 0.05) is 34.9 Å². The van der Waals surface area contributed by atoms with Gasteiger partial charge in [0.15, 0.2) is 5.78 Å². The van der Waals surface area contributed by atoms with Crippen LogP contribution in [0.1, 0.15) is 97.4 Å². The van der Waals surface area contributed by atoms with Gasteiger partial charge in [-0.25, -0.2) is 0 Å². The molecular weight excluding hydrogens is 498 g/mol. The van der Waals surface area contributed by atoms with Gasteiger partial charge in [0.2, 0.25) is 0 Å². The van der Waals surface area contributed by atoms with Gasteiger partial charge < -0.3 is 14.6 Å². The van der Waals surface area contributed by atoms with Crippen LogP contribution in [0, 0.1) is 5.92 Å². The number of ketones is 1. The average Bonchev–Trinajstić information content (AvgIpc) is 3.21. The molecule has 4 rings (SSSR count). The minimum Gasteiger partial charge on any atom is -0.377 e. The number of fused-ring (bicyclic) bond motifs is 4. The van der Waals surface area contributed by atoms with Crippen LogP contribution in [-0.4, -0.2) is 46.2 Å². The van der Waals surface area contributed by atoms with E-state index in [-0.39, 0.29) is 23.8 Å². The van der Waals surface area contributed by atoms with Crippen molar-refractivity contribution >= 4 is 11.5 Å². The molecule has 3 heterocycles. The zero-order chi connectivity index (χ0) is 29.5. The topological polar surface area (TPSA) is 74.9 Å². The largest absolute Gasteiger partial charge is 0.377 e. The molecule has 2 bridgehead atoms. The van der Waals surface area contributed by atoms with Crippen molar-refractivity contribution in [3.05, 3.63) is 79.0 Å². The highest BCUT2D eigenvalue weighted by atomic mass is 16.3. The average molecular weight is 546 g/mol. The molecule has 0 radical (unpaired) electrons. The van der Waals surface area contributed by atoms with Crippen molar-refractivity contribution in [3.63, 3.8) is 0 Å². The molecular formula is C34H47N3O3. The minimum atomic E-state index is -1.70. The van der Waals surface area contributed by atoms with Crippen LogP contribution < -0.4 is 5.56 Å². The number of aromatic nitrogens is 1. The van der Waals surface area contributed by atoms with Gasteiger partial charge in [0.25, 0.3) is 5.56 Å². The van der Waals surface area contributed by atoms with Gasteiger partial charge in [-0.2, -0.15) is 0 Å². The molecule has 40 heavy (non-hydrogen) atoms. The van der Waals surface area contributed by atoms with Crippen LogP contribution in [0.2, 0.25) is 0 Å². The van der Waals surface area contributed by atoms with Gasteiger partial charge in [-0.1, -0.05) is 33.8 Å². The predicted octanol–water partition coefficient (Wildman–Crippen LogP) is 6.02. The Morgan fingerprint density at radius 3 is 2.52 bits per heavy atom. The number of carbonyl (C=O) groups is 1. The zero-order valence-electron chi connectivity index (χ0n) is 25.9. The lowest BCUT2D eigenvalue weighted by molar-refractivity contribution is -0.136. The normalized spacial score (nSPS) is 21.7. The van der Waals surface area contributed by atoms with E-state index in [2.05, 4.69) is 58.8 Å². The highest BCUT2D eigenvalue weighted by molar-refractivity contribution is 6.14. The van der Waals surface area contributed by atoms with E-state index in [1.165, 1.54) is 29.2 Å². The van der Waals surface area contributed by atoms with Crippen LogP contribution in [0.4, 0.5) is 0 Å². The lowest BCUT2D eigenvalue weighted by Gasteiger charge is -2.28. The first kappa shape index (κ1) is 30.1. The second-order valence-corrected chi connectivity index (χ2v) is 12.0. The van der Waals surface area contributed by atoms with Gasteiger partial charge in [0.1, 0.15) is 5.60 Å². The molecule has 0 spiro atoms. The fourth-order valence-corrected chi connectivity index (χ4v) is 6.75. The molecule has 6 heteroatoms. The molecule has 2 aliphatic heterocycles. The number of allylic oxidation sites excluding steroid dienone is 6. The SMILES string of the molecule is CCc1c([C@@](O)(CC)C(C)=O)cc2n(c1=O)CC1=C(C)C(N(C)C)CCC3=C(C)C(C(C)CC)=CCC(=C3)N=C12. The number of pyridine rings is 1. The van der Waals surface area contributed by atoms with Gasteiger partial charge in [-0.15, -0.1) is 0 Å². The van der Waals surface area contributed by atoms with Crippen molar-refractivity contribution in [1.29, 1.82) is 0 Å². The molecule has 0 saturated carbocycles.